The van der Waals surface area contributed by atoms with Gasteiger partial charge in [0.25, 0.3) is 0 Å². The van der Waals surface area contributed by atoms with Crippen molar-refractivity contribution in [3.05, 3.63) is 35.4 Å². The van der Waals surface area contributed by atoms with Gasteiger partial charge < -0.3 is 20.5 Å². The minimum Gasteiger partial charge on any atom is -0.495 e. The van der Waals surface area contributed by atoms with Gasteiger partial charge in [0.15, 0.2) is 5.96 Å². The van der Waals surface area contributed by atoms with E-state index in [0.29, 0.717) is 36.5 Å². The van der Waals surface area contributed by atoms with Crippen molar-refractivity contribution >= 4 is 23.2 Å². The molecule has 110 valence electrons. The van der Waals surface area contributed by atoms with Crippen molar-refractivity contribution in [2.24, 2.45) is 10.7 Å². The van der Waals surface area contributed by atoms with E-state index in [1.165, 1.54) is 0 Å². The molecule has 0 bridgehead atoms. The van der Waals surface area contributed by atoms with Crippen LogP contribution in [-0.4, -0.2) is 32.8 Å². The summed E-state index contributed by atoms with van der Waals surface area (Å²) in [7, 11) is 1.56. The monoisotopic (exact) mass is 297 g/mol. The number of benzene rings is 1. The molecular weight excluding hydrogens is 278 g/mol. The largest absolute Gasteiger partial charge is 0.495 e. The van der Waals surface area contributed by atoms with Gasteiger partial charge in [-0.25, -0.2) is 0 Å². The smallest absolute Gasteiger partial charge is 0.193 e. The average molecular weight is 298 g/mol. The number of hydrogen-bond donors (Lipinski definition) is 2. The van der Waals surface area contributed by atoms with Crippen LogP contribution in [-0.2, 0) is 4.74 Å². The Kier molecular flexibility index (Phi) is 6.90. The van der Waals surface area contributed by atoms with Gasteiger partial charge in [-0.15, -0.1) is 0 Å². The number of halogens is 1. The maximum Gasteiger partial charge on any atom is 0.193 e. The molecule has 0 aromatic heterocycles. The van der Waals surface area contributed by atoms with Crippen LogP contribution >= 0.6 is 11.6 Å². The van der Waals surface area contributed by atoms with Crippen LogP contribution in [0.1, 0.15) is 6.92 Å². The van der Waals surface area contributed by atoms with Crippen LogP contribution in [0, 0.1) is 0 Å². The lowest BCUT2D eigenvalue weighted by Gasteiger charge is -2.08. The lowest BCUT2D eigenvalue weighted by Crippen LogP contribution is -2.23. The molecule has 0 unspecified atom stereocenters. The van der Waals surface area contributed by atoms with Gasteiger partial charge in [0.1, 0.15) is 5.75 Å². The lowest BCUT2D eigenvalue weighted by molar-refractivity contribution is 0.165. The van der Waals surface area contributed by atoms with Gasteiger partial charge in [-0.2, -0.15) is 0 Å². The number of methoxy groups -OCH3 is 1. The molecule has 1 rings (SSSR count). The lowest BCUT2D eigenvalue weighted by atomic mass is 10.3. The first-order valence-electron chi connectivity index (χ1n) is 6.15. The van der Waals surface area contributed by atoms with Gasteiger partial charge >= 0.3 is 0 Å². The van der Waals surface area contributed by atoms with Gasteiger partial charge in [-0.05, 0) is 25.1 Å². The van der Waals surface area contributed by atoms with Crippen LogP contribution in [0.5, 0.6) is 5.75 Å². The number of rotatable bonds is 7. The zero-order valence-electron chi connectivity index (χ0n) is 11.8. The molecular formula is C14H20ClN3O2. The fourth-order valence-corrected chi connectivity index (χ4v) is 1.67. The van der Waals surface area contributed by atoms with Crippen molar-refractivity contribution in [2.45, 2.75) is 6.92 Å². The van der Waals surface area contributed by atoms with Crippen LogP contribution in [0.25, 0.3) is 0 Å². The number of aliphatic imine (C=N–C) groups is 1. The summed E-state index contributed by atoms with van der Waals surface area (Å²) in [6.45, 7) is 7.17. The third-order valence-corrected chi connectivity index (χ3v) is 2.59. The highest BCUT2D eigenvalue weighted by Crippen LogP contribution is 2.26. The van der Waals surface area contributed by atoms with E-state index in [1.807, 2.05) is 13.0 Å². The van der Waals surface area contributed by atoms with Gasteiger partial charge in [0, 0.05) is 5.69 Å². The molecule has 0 heterocycles. The summed E-state index contributed by atoms with van der Waals surface area (Å²) in [5.41, 5.74) is 7.49. The second-order valence-corrected chi connectivity index (χ2v) is 4.66. The number of nitrogens with zero attached hydrogens (tertiary/aromatic N) is 1. The van der Waals surface area contributed by atoms with E-state index in [9.17, 15) is 0 Å². The third-order valence-electron chi connectivity index (χ3n) is 2.29. The van der Waals surface area contributed by atoms with Crippen LogP contribution < -0.4 is 15.8 Å². The van der Waals surface area contributed by atoms with E-state index < -0.39 is 0 Å². The first-order valence-corrected chi connectivity index (χ1v) is 6.53. The average Bonchev–Trinajstić information content (AvgIpc) is 2.38. The molecule has 0 aliphatic heterocycles. The molecule has 0 saturated carbocycles. The molecule has 0 aliphatic carbocycles. The highest BCUT2D eigenvalue weighted by atomic mass is 35.5. The molecule has 3 N–H and O–H groups in total. The summed E-state index contributed by atoms with van der Waals surface area (Å²) < 4.78 is 10.4. The summed E-state index contributed by atoms with van der Waals surface area (Å²) >= 11 is 6.01. The molecule has 1 aromatic carbocycles. The predicted octanol–water partition coefficient (Wildman–Crippen LogP) is 2.67. The molecule has 0 amide bonds. The van der Waals surface area contributed by atoms with E-state index in [1.54, 1.807) is 19.2 Å². The third kappa shape index (κ3) is 5.95. The molecule has 0 spiro atoms. The topological polar surface area (TPSA) is 68.9 Å². The Balaban J connectivity index is 2.43. The molecule has 1 aromatic rings. The van der Waals surface area contributed by atoms with Gasteiger partial charge in [-0.3, -0.25) is 4.99 Å². The second-order valence-electron chi connectivity index (χ2n) is 4.25. The van der Waals surface area contributed by atoms with Crippen molar-refractivity contribution < 1.29 is 9.47 Å². The number of nitrogens with two attached hydrogens (primary N) is 1. The number of nitrogens with one attached hydrogen (secondary N) is 1. The number of anilines is 1. The number of ether oxygens (including phenoxy) is 2. The van der Waals surface area contributed by atoms with Gasteiger partial charge in [-0.1, -0.05) is 23.8 Å². The Bertz CT molecular complexity index is 489. The fraction of sp³-hybridized carbons (Fsp3) is 0.357. The van der Waals surface area contributed by atoms with Crippen molar-refractivity contribution in [2.75, 3.05) is 32.2 Å². The Morgan fingerprint density at radius 1 is 1.50 bits per heavy atom. The molecule has 0 atom stereocenters. The van der Waals surface area contributed by atoms with Crippen molar-refractivity contribution in [3.8, 4) is 5.75 Å². The summed E-state index contributed by atoms with van der Waals surface area (Å²) in [6.07, 6.45) is 0. The van der Waals surface area contributed by atoms with Crippen molar-refractivity contribution in [3.63, 3.8) is 0 Å². The van der Waals surface area contributed by atoms with E-state index in [4.69, 9.17) is 26.8 Å². The molecule has 0 saturated heterocycles. The Morgan fingerprint density at radius 3 is 2.85 bits per heavy atom. The maximum atomic E-state index is 6.01. The molecule has 6 heteroatoms. The van der Waals surface area contributed by atoms with Crippen molar-refractivity contribution in [1.82, 2.24) is 0 Å². The molecule has 0 aliphatic rings. The van der Waals surface area contributed by atoms with E-state index in [2.05, 4.69) is 16.9 Å². The zero-order chi connectivity index (χ0) is 15.0. The first-order chi connectivity index (χ1) is 9.52. The molecule has 5 nitrogen and oxygen atoms in total. The number of hydrogen-bond acceptors (Lipinski definition) is 3. The minimum absolute atomic E-state index is 0.310. The van der Waals surface area contributed by atoms with E-state index in [-0.39, 0.29) is 0 Å². The van der Waals surface area contributed by atoms with Crippen LogP contribution in [0.4, 0.5) is 5.69 Å². The standard InChI is InChI=1S/C14H20ClN3O2/c1-10(2)9-20-7-6-17-14(16)18-11-4-5-13(19-3)12(15)8-11/h4-5,8H,1,6-7,9H2,2-3H3,(H3,16,17,18). The normalized spacial score (nSPS) is 11.2. The van der Waals surface area contributed by atoms with Gasteiger partial charge in [0.05, 0.1) is 31.9 Å². The van der Waals surface area contributed by atoms with Crippen LogP contribution in [0.2, 0.25) is 5.02 Å². The predicted molar refractivity (Wildman–Crippen MR) is 83.7 cm³/mol. The summed E-state index contributed by atoms with van der Waals surface area (Å²) in [6, 6.07) is 5.29. The van der Waals surface area contributed by atoms with Gasteiger partial charge in [0.2, 0.25) is 0 Å². The Morgan fingerprint density at radius 2 is 2.25 bits per heavy atom. The van der Waals surface area contributed by atoms with E-state index in [0.717, 1.165) is 11.3 Å². The minimum atomic E-state index is 0.310. The number of guanidine groups is 1. The Labute approximate surface area is 124 Å². The zero-order valence-corrected chi connectivity index (χ0v) is 12.5. The second kappa shape index (κ2) is 8.45. The molecule has 0 fully saturated rings. The maximum absolute atomic E-state index is 6.01. The van der Waals surface area contributed by atoms with Crippen LogP contribution in [0.15, 0.2) is 35.3 Å². The van der Waals surface area contributed by atoms with E-state index >= 15 is 0 Å². The SMILES string of the molecule is C=C(C)COCCN=C(N)Nc1ccc(OC)c(Cl)c1. The summed E-state index contributed by atoms with van der Waals surface area (Å²) in [5.74, 6) is 0.922. The summed E-state index contributed by atoms with van der Waals surface area (Å²) in [5, 5.41) is 3.46. The highest BCUT2D eigenvalue weighted by Gasteiger charge is 2.02. The molecule has 20 heavy (non-hydrogen) atoms. The van der Waals surface area contributed by atoms with Crippen molar-refractivity contribution in [1.29, 1.82) is 0 Å². The highest BCUT2D eigenvalue weighted by molar-refractivity contribution is 6.32. The summed E-state index contributed by atoms with van der Waals surface area (Å²) in [4.78, 5) is 4.14. The quantitative estimate of drug-likeness (QED) is 0.351. The Hall–Kier alpha value is -1.72. The molecule has 0 radical (unpaired) electrons. The van der Waals surface area contributed by atoms with Crippen LogP contribution in [0.3, 0.4) is 0 Å². The fourth-order valence-electron chi connectivity index (χ4n) is 1.41. The first kappa shape index (κ1) is 16.3.